The summed E-state index contributed by atoms with van der Waals surface area (Å²) < 4.78 is 10.7. The number of likely N-dealkylation sites (tertiary alicyclic amines) is 1. The summed E-state index contributed by atoms with van der Waals surface area (Å²) in [6.07, 6.45) is 3.26. The largest absolute Gasteiger partial charge is 0.480 e. The van der Waals surface area contributed by atoms with Crippen LogP contribution in [-0.2, 0) is 14.3 Å². The first-order chi connectivity index (χ1) is 9.61. The van der Waals surface area contributed by atoms with Gasteiger partial charge in [0.1, 0.15) is 6.04 Å². The van der Waals surface area contributed by atoms with Gasteiger partial charge in [-0.15, -0.1) is 0 Å². The average Bonchev–Trinajstić information content (AvgIpc) is 2.90. The summed E-state index contributed by atoms with van der Waals surface area (Å²) in [7, 11) is 1.53. The summed E-state index contributed by atoms with van der Waals surface area (Å²) >= 11 is 0. The molecule has 2 aliphatic heterocycles. The zero-order chi connectivity index (χ0) is 14.5. The SMILES string of the molecule is COC1CC(C(=O)O)N(C(=O)NCC2CCCCO2)C1. The van der Waals surface area contributed by atoms with Crippen LogP contribution < -0.4 is 5.32 Å². The molecule has 0 aromatic rings. The standard InChI is InChI=1S/C13H22N2O5/c1-19-10-6-11(12(16)17)15(8-10)13(18)14-7-9-4-2-3-5-20-9/h9-11H,2-8H2,1H3,(H,14,18)(H,16,17). The number of ether oxygens (including phenoxy) is 2. The first-order valence-corrected chi connectivity index (χ1v) is 7.03. The molecule has 0 aliphatic carbocycles. The number of rotatable bonds is 4. The Morgan fingerprint density at radius 1 is 1.45 bits per heavy atom. The third-order valence-electron chi connectivity index (χ3n) is 3.90. The summed E-state index contributed by atoms with van der Waals surface area (Å²) in [5, 5.41) is 11.9. The van der Waals surface area contributed by atoms with E-state index in [1.807, 2.05) is 0 Å². The highest BCUT2D eigenvalue weighted by Gasteiger charge is 2.39. The number of carbonyl (C=O) groups excluding carboxylic acids is 1. The second-order valence-electron chi connectivity index (χ2n) is 5.27. The van der Waals surface area contributed by atoms with Crippen LogP contribution >= 0.6 is 0 Å². The maximum atomic E-state index is 12.1. The van der Waals surface area contributed by atoms with Crippen molar-refractivity contribution in [3.8, 4) is 0 Å². The highest BCUT2D eigenvalue weighted by Crippen LogP contribution is 2.20. The number of carboxylic acids is 1. The molecule has 2 fully saturated rings. The van der Waals surface area contributed by atoms with Gasteiger partial charge in [0, 0.05) is 33.2 Å². The highest BCUT2D eigenvalue weighted by molar-refractivity contribution is 5.83. The summed E-state index contributed by atoms with van der Waals surface area (Å²) in [6.45, 7) is 1.47. The van der Waals surface area contributed by atoms with Gasteiger partial charge in [-0.25, -0.2) is 9.59 Å². The number of nitrogens with zero attached hydrogens (tertiary/aromatic N) is 1. The van der Waals surface area contributed by atoms with Crippen molar-refractivity contribution in [2.45, 2.75) is 43.9 Å². The van der Waals surface area contributed by atoms with Gasteiger partial charge in [-0.1, -0.05) is 0 Å². The predicted molar refractivity (Wildman–Crippen MR) is 70.5 cm³/mol. The lowest BCUT2D eigenvalue weighted by molar-refractivity contribution is -0.141. The number of hydrogen-bond acceptors (Lipinski definition) is 4. The second-order valence-corrected chi connectivity index (χ2v) is 5.27. The molecule has 7 heteroatoms. The highest BCUT2D eigenvalue weighted by atomic mass is 16.5. The van der Waals surface area contributed by atoms with E-state index in [9.17, 15) is 9.59 Å². The number of carbonyl (C=O) groups is 2. The van der Waals surface area contributed by atoms with E-state index >= 15 is 0 Å². The molecule has 2 heterocycles. The molecular weight excluding hydrogens is 264 g/mol. The smallest absolute Gasteiger partial charge is 0.326 e. The van der Waals surface area contributed by atoms with Crippen molar-refractivity contribution in [2.75, 3.05) is 26.8 Å². The van der Waals surface area contributed by atoms with Crippen LogP contribution in [0.1, 0.15) is 25.7 Å². The Morgan fingerprint density at radius 3 is 2.85 bits per heavy atom. The number of amides is 2. The molecule has 20 heavy (non-hydrogen) atoms. The molecule has 0 aromatic carbocycles. The van der Waals surface area contributed by atoms with Gasteiger partial charge >= 0.3 is 12.0 Å². The summed E-state index contributed by atoms with van der Waals surface area (Å²) in [5.74, 6) is -0.992. The van der Waals surface area contributed by atoms with Crippen molar-refractivity contribution in [2.24, 2.45) is 0 Å². The molecule has 0 aromatic heterocycles. The molecular formula is C13H22N2O5. The lowest BCUT2D eigenvalue weighted by Crippen LogP contribution is -2.48. The predicted octanol–water partition coefficient (Wildman–Crippen LogP) is 0.439. The summed E-state index contributed by atoms with van der Waals surface area (Å²) in [5.41, 5.74) is 0. The van der Waals surface area contributed by atoms with E-state index in [-0.39, 0.29) is 18.2 Å². The normalized spacial score (nSPS) is 30.2. The molecule has 2 amide bonds. The molecule has 2 saturated heterocycles. The number of carboxylic acid groups (broad SMARTS) is 1. The van der Waals surface area contributed by atoms with Crippen LogP contribution in [0.4, 0.5) is 4.79 Å². The van der Waals surface area contributed by atoms with Gasteiger partial charge in [-0.3, -0.25) is 0 Å². The van der Waals surface area contributed by atoms with Gasteiger partial charge < -0.3 is 24.8 Å². The number of urea groups is 1. The monoisotopic (exact) mass is 286 g/mol. The lowest BCUT2D eigenvalue weighted by Gasteiger charge is -2.26. The molecule has 2 aliphatic rings. The zero-order valence-electron chi connectivity index (χ0n) is 11.7. The van der Waals surface area contributed by atoms with Crippen molar-refractivity contribution < 1.29 is 24.2 Å². The van der Waals surface area contributed by atoms with E-state index in [1.165, 1.54) is 12.0 Å². The molecule has 0 saturated carbocycles. The molecule has 3 unspecified atom stereocenters. The zero-order valence-corrected chi connectivity index (χ0v) is 11.7. The van der Waals surface area contributed by atoms with Crippen LogP contribution in [0.3, 0.4) is 0 Å². The molecule has 2 rings (SSSR count). The third-order valence-corrected chi connectivity index (χ3v) is 3.90. The molecule has 3 atom stereocenters. The Hall–Kier alpha value is -1.34. The number of hydrogen-bond donors (Lipinski definition) is 2. The van der Waals surface area contributed by atoms with Crippen molar-refractivity contribution >= 4 is 12.0 Å². The first-order valence-electron chi connectivity index (χ1n) is 7.03. The molecule has 114 valence electrons. The fraction of sp³-hybridized carbons (Fsp3) is 0.846. The molecule has 0 radical (unpaired) electrons. The molecule has 7 nitrogen and oxygen atoms in total. The van der Waals surface area contributed by atoms with E-state index in [2.05, 4.69) is 5.32 Å². The van der Waals surface area contributed by atoms with Crippen LogP contribution in [0.5, 0.6) is 0 Å². The van der Waals surface area contributed by atoms with Gasteiger partial charge in [0.15, 0.2) is 0 Å². The van der Waals surface area contributed by atoms with E-state index in [1.54, 1.807) is 0 Å². The summed E-state index contributed by atoms with van der Waals surface area (Å²) in [4.78, 5) is 24.6. The van der Waals surface area contributed by atoms with Gasteiger partial charge in [-0.2, -0.15) is 0 Å². The minimum absolute atomic E-state index is 0.0387. The number of nitrogens with one attached hydrogen (secondary N) is 1. The van der Waals surface area contributed by atoms with Gasteiger partial charge in [0.25, 0.3) is 0 Å². The van der Waals surface area contributed by atoms with E-state index in [0.717, 1.165) is 25.9 Å². The van der Waals surface area contributed by atoms with Crippen LogP contribution in [0, 0.1) is 0 Å². The Bertz CT molecular complexity index is 357. The maximum Gasteiger partial charge on any atom is 0.326 e. The fourth-order valence-corrected chi connectivity index (χ4v) is 2.70. The van der Waals surface area contributed by atoms with Gasteiger partial charge in [0.2, 0.25) is 0 Å². The maximum absolute atomic E-state index is 12.1. The fourth-order valence-electron chi connectivity index (χ4n) is 2.70. The van der Waals surface area contributed by atoms with Crippen LogP contribution in [0.25, 0.3) is 0 Å². The Labute approximate surface area is 118 Å². The second kappa shape index (κ2) is 6.90. The first kappa shape index (κ1) is 15.1. The third kappa shape index (κ3) is 3.61. The van der Waals surface area contributed by atoms with E-state index in [0.29, 0.717) is 19.5 Å². The van der Waals surface area contributed by atoms with Crippen molar-refractivity contribution in [1.82, 2.24) is 10.2 Å². The quantitative estimate of drug-likeness (QED) is 0.783. The molecule has 0 bridgehead atoms. The lowest BCUT2D eigenvalue weighted by atomic mass is 10.1. The minimum atomic E-state index is -0.992. The average molecular weight is 286 g/mol. The summed E-state index contributed by atoms with van der Waals surface area (Å²) in [6, 6.07) is -1.17. The van der Waals surface area contributed by atoms with Crippen molar-refractivity contribution in [3.63, 3.8) is 0 Å². The Balaban J connectivity index is 1.85. The topological polar surface area (TPSA) is 88.1 Å². The van der Waals surface area contributed by atoms with Crippen molar-refractivity contribution in [3.05, 3.63) is 0 Å². The molecule has 0 spiro atoms. The van der Waals surface area contributed by atoms with Crippen LogP contribution in [0.15, 0.2) is 0 Å². The Kier molecular flexibility index (Phi) is 5.19. The minimum Gasteiger partial charge on any atom is -0.480 e. The van der Waals surface area contributed by atoms with E-state index in [4.69, 9.17) is 14.6 Å². The van der Waals surface area contributed by atoms with E-state index < -0.39 is 12.0 Å². The van der Waals surface area contributed by atoms with Crippen LogP contribution in [-0.4, -0.2) is 67.1 Å². The number of aliphatic carboxylic acids is 1. The molecule has 2 N–H and O–H groups in total. The Morgan fingerprint density at radius 2 is 2.25 bits per heavy atom. The van der Waals surface area contributed by atoms with Gasteiger partial charge in [-0.05, 0) is 19.3 Å². The van der Waals surface area contributed by atoms with Crippen LogP contribution in [0.2, 0.25) is 0 Å². The van der Waals surface area contributed by atoms with Crippen molar-refractivity contribution in [1.29, 1.82) is 0 Å². The number of methoxy groups -OCH3 is 1. The van der Waals surface area contributed by atoms with Gasteiger partial charge in [0.05, 0.1) is 12.2 Å².